The van der Waals surface area contributed by atoms with Crippen molar-refractivity contribution < 1.29 is 9.53 Å². The third kappa shape index (κ3) is 4.17. The summed E-state index contributed by atoms with van der Waals surface area (Å²) in [5, 5.41) is 2.77. The van der Waals surface area contributed by atoms with E-state index in [0.29, 0.717) is 11.4 Å². The highest BCUT2D eigenvalue weighted by atomic mass is 16.5. The van der Waals surface area contributed by atoms with Crippen LogP contribution in [0.4, 0.5) is 5.69 Å². The van der Waals surface area contributed by atoms with Gasteiger partial charge in [-0.05, 0) is 56.0 Å². The maximum Gasteiger partial charge on any atom is 0.295 e. The first-order valence-electron chi connectivity index (χ1n) is 10.1. The summed E-state index contributed by atoms with van der Waals surface area (Å²) in [7, 11) is 1.79. The van der Waals surface area contributed by atoms with Crippen molar-refractivity contribution in [1.82, 2.24) is 9.36 Å². The van der Waals surface area contributed by atoms with Crippen molar-refractivity contribution in [3.63, 3.8) is 0 Å². The number of benzene rings is 2. The molecule has 0 aliphatic heterocycles. The van der Waals surface area contributed by atoms with Crippen LogP contribution < -0.4 is 15.6 Å². The molecule has 0 saturated carbocycles. The Balaban J connectivity index is 1.85. The molecule has 0 aliphatic rings. The van der Waals surface area contributed by atoms with E-state index < -0.39 is 6.10 Å². The second-order valence-corrected chi connectivity index (χ2v) is 7.88. The van der Waals surface area contributed by atoms with Crippen molar-refractivity contribution in [2.45, 2.75) is 46.6 Å². The topological polar surface area (TPSA) is 65.3 Å². The van der Waals surface area contributed by atoms with Crippen molar-refractivity contribution in [2.75, 3.05) is 5.32 Å². The number of amides is 1. The zero-order valence-electron chi connectivity index (χ0n) is 18.4. The molecule has 2 aromatic carbocycles. The van der Waals surface area contributed by atoms with E-state index in [2.05, 4.69) is 19.2 Å². The van der Waals surface area contributed by atoms with Gasteiger partial charge in [0.15, 0.2) is 6.10 Å². The van der Waals surface area contributed by atoms with Gasteiger partial charge in [0.2, 0.25) is 0 Å². The summed E-state index contributed by atoms with van der Waals surface area (Å²) in [6, 6.07) is 15.3. The van der Waals surface area contributed by atoms with Crippen LogP contribution in [0, 0.1) is 13.8 Å². The van der Waals surface area contributed by atoms with Gasteiger partial charge in [0.1, 0.15) is 11.4 Å². The minimum Gasteiger partial charge on any atom is -0.481 e. The molecular weight excluding hydrogens is 378 g/mol. The predicted molar refractivity (Wildman–Crippen MR) is 120 cm³/mol. The molecular formula is C24H29N3O3. The van der Waals surface area contributed by atoms with Crippen LogP contribution in [0.5, 0.6) is 5.75 Å². The molecule has 0 fully saturated rings. The number of aryl methyl sites for hydroxylation is 1. The number of hydrogen-bond acceptors (Lipinski definition) is 3. The fourth-order valence-electron chi connectivity index (χ4n) is 3.40. The lowest BCUT2D eigenvalue weighted by atomic mass is 10.0. The molecule has 1 heterocycles. The zero-order chi connectivity index (χ0) is 22.0. The van der Waals surface area contributed by atoms with E-state index in [0.717, 1.165) is 16.8 Å². The molecule has 0 unspecified atom stereocenters. The van der Waals surface area contributed by atoms with E-state index in [9.17, 15) is 9.59 Å². The van der Waals surface area contributed by atoms with E-state index in [1.165, 1.54) is 4.68 Å². The molecule has 3 aromatic rings. The van der Waals surface area contributed by atoms with Crippen molar-refractivity contribution in [3.05, 3.63) is 75.7 Å². The van der Waals surface area contributed by atoms with Gasteiger partial charge in [-0.15, -0.1) is 0 Å². The number of para-hydroxylation sites is 1. The van der Waals surface area contributed by atoms with Crippen LogP contribution in [0.1, 0.15) is 43.5 Å². The third-order valence-corrected chi connectivity index (χ3v) is 5.27. The number of rotatable bonds is 6. The Hall–Kier alpha value is -3.28. The maximum absolute atomic E-state index is 13.0. The predicted octanol–water partition coefficient (Wildman–Crippen LogP) is 4.32. The molecule has 1 aromatic heterocycles. The molecule has 0 bridgehead atoms. The van der Waals surface area contributed by atoms with Crippen LogP contribution in [0.15, 0.2) is 53.3 Å². The molecule has 1 amide bonds. The number of carbonyl (C=O) groups is 1. The van der Waals surface area contributed by atoms with Crippen LogP contribution in [-0.4, -0.2) is 21.4 Å². The summed E-state index contributed by atoms with van der Waals surface area (Å²) < 4.78 is 9.26. The first-order valence-corrected chi connectivity index (χ1v) is 10.1. The molecule has 6 nitrogen and oxygen atoms in total. The van der Waals surface area contributed by atoms with E-state index in [1.807, 2.05) is 55.5 Å². The van der Waals surface area contributed by atoms with E-state index in [4.69, 9.17) is 4.74 Å². The SMILES string of the molecule is Cc1ccc(C(C)C)c(O[C@H](C)C(=O)Nc2c(C)n(C)n(-c3ccccc3)c2=O)c1. The normalized spacial score (nSPS) is 12.1. The molecule has 3 rings (SSSR count). The summed E-state index contributed by atoms with van der Waals surface area (Å²) >= 11 is 0. The molecule has 6 heteroatoms. The maximum atomic E-state index is 13.0. The van der Waals surface area contributed by atoms with Crippen molar-refractivity contribution in [3.8, 4) is 11.4 Å². The van der Waals surface area contributed by atoms with Gasteiger partial charge in [0.05, 0.1) is 11.4 Å². The van der Waals surface area contributed by atoms with Crippen LogP contribution in [0.3, 0.4) is 0 Å². The van der Waals surface area contributed by atoms with Crippen molar-refractivity contribution >= 4 is 11.6 Å². The van der Waals surface area contributed by atoms with Gasteiger partial charge in [-0.1, -0.05) is 44.2 Å². The van der Waals surface area contributed by atoms with E-state index in [-0.39, 0.29) is 23.1 Å². The molecule has 0 aliphatic carbocycles. The highest BCUT2D eigenvalue weighted by Crippen LogP contribution is 2.28. The Morgan fingerprint density at radius 2 is 1.70 bits per heavy atom. The average molecular weight is 408 g/mol. The zero-order valence-corrected chi connectivity index (χ0v) is 18.4. The average Bonchev–Trinajstić information content (AvgIpc) is 2.91. The fraction of sp³-hybridized carbons (Fsp3) is 0.333. The van der Waals surface area contributed by atoms with Crippen LogP contribution >= 0.6 is 0 Å². The molecule has 0 radical (unpaired) electrons. The molecule has 1 atom stereocenters. The first kappa shape index (κ1) is 21.4. The standard InChI is InChI=1S/C24H29N3O3/c1-15(2)20-13-12-16(3)14-21(20)30-18(5)23(28)25-22-17(4)26(6)27(24(22)29)19-10-8-7-9-11-19/h7-15,18H,1-6H3,(H,25,28)/t18-/m1/s1. The minimum atomic E-state index is -0.756. The van der Waals surface area contributed by atoms with Gasteiger partial charge in [-0.2, -0.15) is 0 Å². The minimum absolute atomic E-state index is 0.259. The summed E-state index contributed by atoms with van der Waals surface area (Å²) in [5.41, 5.74) is 3.49. The Morgan fingerprint density at radius 1 is 1.03 bits per heavy atom. The number of ether oxygens (including phenoxy) is 1. The van der Waals surface area contributed by atoms with Crippen LogP contribution in [0.2, 0.25) is 0 Å². The second-order valence-electron chi connectivity index (χ2n) is 7.88. The number of hydrogen-bond donors (Lipinski definition) is 1. The number of carbonyl (C=O) groups excluding carboxylic acids is 1. The molecule has 0 spiro atoms. The number of nitrogens with zero attached hydrogens (tertiary/aromatic N) is 2. The quantitative estimate of drug-likeness (QED) is 0.662. The number of anilines is 1. The van der Waals surface area contributed by atoms with E-state index in [1.54, 1.807) is 25.6 Å². The van der Waals surface area contributed by atoms with Crippen LogP contribution in [-0.2, 0) is 11.8 Å². The monoisotopic (exact) mass is 407 g/mol. The molecule has 30 heavy (non-hydrogen) atoms. The Labute approximate surface area is 177 Å². The Bertz CT molecular complexity index is 1110. The highest BCUT2D eigenvalue weighted by Gasteiger charge is 2.23. The lowest BCUT2D eigenvalue weighted by Gasteiger charge is -2.19. The highest BCUT2D eigenvalue weighted by molar-refractivity contribution is 5.94. The molecule has 0 saturated heterocycles. The second kappa shape index (κ2) is 8.61. The molecule has 158 valence electrons. The summed E-state index contributed by atoms with van der Waals surface area (Å²) in [6.07, 6.45) is -0.756. The molecule has 1 N–H and O–H groups in total. The van der Waals surface area contributed by atoms with Gasteiger partial charge < -0.3 is 10.1 Å². The van der Waals surface area contributed by atoms with Gasteiger partial charge in [0.25, 0.3) is 11.5 Å². The number of nitrogens with one attached hydrogen (secondary N) is 1. The van der Waals surface area contributed by atoms with Gasteiger partial charge in [-0.3, -0.25) is 14.3 Å². The Kier molecular flexibility index (Phi) is 6.15. The fourth-order valence-corrected chi connectivity index (χ4v) is 3.40. The van der Waals surface area contributed by atoms with Crippen molar-refractivity contribution in [2.24, 2.45) is 7.05 Å². The lowest BCUT2D eigenvalue weighted by Crippen LogP contribution is -2.32. The lowest BCUT2D eigenvalue weighted by molar-refractivity contribution is -0.122. The Morgan fingerprint density at radius 3 is 2.33 bits per heavy atom. The van der Waals surface area contributed by atoms with Gasteiger partial charge >= 0.3 is 0 Å². The summed E-state index contributed by atoms with van der Waals surface area (Å²) in [4.78, 5) is 25.9. The number of aromatic nitrogens is 2. The van der Waals surface area contributed by atoms with Crippen LogP contribution in [0.25, 0.3) is 5.69 Å². The third-order valence-electron chi connectivity index (χ3n) is 5.27. The van der Waals surface area contributed by atoms with E-state index >= 15 is 0 Å². The van der Waals surface area contributed by atoms with Crippen molar-refractivity contribution in [1.29, 1.82) is 0 Å². The summed E-state index contributed by atoms with van der Waals surface area (Å²) in [6.45, 7) is 9.65. The smallest absolute Gasteiger partial charge is 0.295 e. The largest absolute Gasteiger partial charge is 0.481 e. The summed E-state index contributed by atoms with van der Waals surface area (Å²) in [5.74, 6) is 0.599. The van der Waals surface area contributed by atoms with Gasteiger partial charge in [-0.25, -0.2) is 4.68 Å². The van der Waals surface area contributed by atoms with Gasteiger partial charge in [0, 0.05) is 7.05 Å². The first-order chi connectivity index (χ1) is 14.2.